The minimum Gasteiger partial charge on any atom is -0.489 e. The van der Waals surface area contributed by atoms with E-state index >= 15 is 0 Å². The topological polar surface area (TPSA) is 51.2 Å². The number of hydrogen-bond acceptors (Lipinski definition) is 3. The summed E-state index contributed by atoms with van der Waals surface area (Å²) in [4.78, 5) is 16.1. The SMILES string of the molecule is Cc1cccc(OCc2ccc(C(=O)NCC(C)C)nc2)c1. The van der Waals surface area contributed by atoms with E-state index in [1.807, 2.05) is 37.3 Å². The molecule has 0 fully saturated rings. The van der Waals surface area contributed by atoms with Crippen molar-refractivity contribution in [2.24, 2.45) is 5.92 Å². The molecule has 0 unspecified atom stereocenters. The van der Waals surface area contributed by atoms with Crippen molar-refractivity contribution in [3.63, 3.8) is 0 Å². The predicted molar refractivity (Wildman–Crippen MR) is 86.9 cm³/mol. The van der Waals surface area contributed by atoms with Crippen LogP contribution < -0.4 is 10.1 Å². The summed E-state index contributed by atoms with van der Waals surface area (Å²) >= 11 is 0. The van der Waals surface area contributed by atoms with Crippen LogP contribution >= 0.6 is 0 Å². The first-order valence-corrected chi connectivity index (χ1v) is 7.47. The van der Waals surface area contributed by atoms with Gasteiger partial charge in [0.15, 0.2) is 0 Å². The Hall–Kier alpha value is -2.36. The molecule has 0 aliphatic carbocycles. The Morgan fingerprint density at radius 3 is 2.73 bits per heavy atom. The number of benzene rings is 1. The minimum absolute atomic E-state index is 0.139. The van der Waals surface area contributed by atoms with E-state index in [0.29, 0.717) is 24.8 Å². The molecule has 0 aliphatic heterocycles. The second-order valence-corrected chi connectivity index (χ2v) is 5.76. The summed E-state index contributed by atoms with van der Waals surface area (Å²) in [5, 5.41) is 2.85. The van der Waals surface area contributed by atoms with Crippen molar-refractivity contribution >= 4 is 5.91 Å². The maximum Gasteiger partial charge on any atom is 0.269 e. The summed E-state index contributed by atoms with van der Waals surface area (Å²) in [7, 11) is 0. The normalized spacial score (nSPS) is 10.5. The van der Waals surface area contributed by atoms with Gasteiger partial charge in [-0.15, -0.1) is 0 Å². The number of pyridine rings is 1. The first-order chi connectivity index (χ1) is 10.5. The van der Waals surface area contributed by atoms with Gasteiger partial charge in [-0.3, -0.25) is 9.78 Å². The van der Waals surface area contributed by atoms with Gasteiger partial charge in [-0.05, 0) is 36.6 Å². The highest BCUT2D eigenvalue weighted by Gasteiger charge is 2.07. The van der Waals surface area contributed by atoms with Gasteiger partial charge in [0.25, 0.3) is 5.91 Å². The summed E-state index contributed by atoms with van der Waals surface area (Å²) in [5.74, 6) is 1.12. The smallest absolute Gasteiger partial charge is 0.269 e. The number of rotatable bonds is 6. The molecule has 22 heavy (non-hydrogen) atoms. The highest BCUT2D eigenvalue weighted by Crippen LogP contribution is 2.14. The molecule has 1 heterocycles. The van der Waals surface area contributed by atoms with Crippen LogP contribution in [0.4, 0.5) is 0 Å². The van der Waals surface area contributed by atoms with Gasteiger partial charge in [-0.1, -0.05) is 32.0 Å². The zero-order chi connectivity index (χ0) is 15.9. The van der Waals surface area contributed by atoms with Crippen molar-refractivity contribution in [2.45, 2.75) is 27.4 Å². The lowest BCUT2D eigenvalue weighted by atomic mass is 10.2. The van der Waals surface area contributed by atoms with Crippen LogP contribution in [-0.2, 0) is 6.61 Å². The number of carbonyl (C=O) groups is 1. The summed E-state index contributed by atoms with van der Waals surface area (Å²) in [5.41, 5.74) is 2.52. The quantitative estimate of drug-likeness (QED) is 0.889. The standard InChI is InChI=1S/C18H22N2O2/c1-13(2)10-20-18(21)17-8-7-15(11-19-17)12-22-16-6-4-5-14(3)9-16/h4-9,11,13H,10,12H2,1-3H3,(H,20,21). The molecule has 0 radical (unpaired) electrons. The van der Waals surface area contributed by atoms with Crippen LogP contribution in [0.2, 0.25) is 0 Å². The Morgan fingerprint density at radius 1 is 1.27 bits per heavy atom. The number of nitrogens with zero attached hydrogens (tertiary/aromatic N) is 1. The second kappa shape index (κ2) is 7.59. The summed E-state index contributed by atoms with van der Waals surface area (Å²) in [6, 6.07) is 11.5. The molecule has 0 saturated carbocycles. The van der Waals surface area contributed by atoms with E-state index in [0.717, 1.165) is 16.9 Å². The molecule has 2 aromatic rings. The molecule has 1 amide bonds. The Kier molecular flexibility index (Phi) is 5.53. The highest BCUT2D eigenvalue weighted by atomic mass is 16.5. The van der Waals surface area contributed by atoms with Crippen molar-refractivity contribution in [2.75, 3.05) is 6.54 Å². The first kappa shape index (κ1) is 16.0. The van der Waals surface area contributed by atoms with Crippen molar-refractivity contribution in [1.82, 2.24) is 10.3 Å². The van der Waals surface area contributed by atoms with Gasteiger partial charge >= 0.3 is 0 Å². The molecule has 2 rings (SSSR count). The Bertz CT molecular complexity index is 621. The largest absolute Gasteiger partial charge is 0.489 e. The molecular weight excluding hydrogens is 276 g/mol. The second-order valence-electron chi connectivity index (χ2n) is 5.76. The fourth-order valence-electron chi connectivity index (χ4n) is 1.90. The minimum atomic E-state index is -0.139. The van der Waals surface area contributed by atoms with E-state index in [2.05, 4.69) is 24.1 Å². The zero-order valence-corrected chi connectivity index (χ0v) is 13.3. The van der Waals surface area contributed by atoms with E-state index in [-0.39, 0.29) is 5.91 Å². The lowest BCUT2D eigenvalue weighted by Gasteiger charge is -2.09. The zero-order valence-electron chi connectivity index (χ0n) is 13.3. The number of amides is 1. The first-order valence-electron chi connectivity index (χ1n) is 7.47. The Morgan fingerprint density at radius 2 is 2.09 bits per heavy atom. The van der Waals surface area contributed by atoms with Crippen LogP contribution in [0.5, 0.6) is 5.75 Å². The molecule has 4 nitrogen and oxygen atoms in total. The highest BCUT2D eigenvalue weighted by molar-refractivity contribution is 5.92. The van der Waals surface area contributed by atoms with Crippen molar-refractivity contribution in [1.29, 1.82) is 0 Å². The van der Waals surface area contributed by atoms with Gasteiger partial charge in [0.1, 0.15) is 18.1 Å². The fraction of sp³-hybridized carbons (Fsp3) is 0.333. The number of hydrogen-bond donors (Lipinski definition) is 1. The molecule has 1 aromatic carbocycles. The lowest BCUT2D eigenvalue weighted by Crippen LogP contribution is -2.28. The van der Waals surface area contributed by atoms with E-state index in [1.165, 1.54) is 0 Å². The molecular formula is C18H22N2O2. The summed E-state index contributed by atoms with van der Waals surface area (Å²) in [6.45, 7) is 7.22. The van der Waals surface area contributed by atoms with Crippen LogP contribution in [0, 0.1) is 12.8 Å². The Balaban J connectivity index is 1.90. The predicted octanol–water partition coefficient (Wildman–Crippen LogP) is 3.35. The van der Waals surface area contributed by atoms with Crippen molar-refractivity contribution in [3.8, 4) is 5.75 Å². The van der Waals surface area contributed by atoms with E-state index in [9.17, 15) is 4.79 Å². The number of ether oxygens (including phenoxy) is 1. The molecule has 4 heteroatoms. The summed E-state index contributed by atoms with van der Waals surface area (Å²) < 4.78 is 5.71. The molecule has 0 aliphatic rings. The van der Waals surface area contributed by atoms with Gasteiger partial charge in [0.2, 0.25) is 0 Å². The molecule has 1 N–H and O–H groups in total. The van der Waals surface area contributed by atoms with Crippen molar-refractivity contribution in [3.05, 3.63) is 59.4 Å². The van der Waals surface area contributed by atoms with Gasteiger partial charge in [0, 0.05) is 18.3 Å². The maximum atomic E-state index is 11.9. The molecule has 0 saturated heterocycles. The van der Waals surface area contributed by atoms with Gasteiger partial charge in [-0.25, -0.2) is 0 Å². The van der Waals surface area contributed by atoms with Crippen LogP contribution in [0.25, 0.3) is 0 Å². The Labute approximate surface area is 131 Å². The third-order valence-electron chi connectivity index (χ3n) is 3.12. The van der Waals surface area contributed by atoms with Gasteiger partial charge in [-0.2, -0.15) is 0 Å². The van der Waals surface area contributed by atoms with E-state index < -0.39 is 0 Å². The molecule has 0 bridgehead atoms. The van der Waals surface area contributed by atoms with Crippen LogP contribution in [0.15, 0.2) is 42.6 Å². The molecule has 0 atom stereocenters. The van der Waals surface area contributed by atoms with E-state index in [4.69, 9.17) is 4.74 Å². The molecule has 1 aromatic heterocycles. The fourth-order valence-corrected chi connectivity index (χ4v) is 1.90. The van der Waals surface area contributed by atoms with Gasteiger partial charge in [0.05, 0.1) is 0 Å². The monoisotopic (exact) mass is 298 g/mol. The third-order valence-corrected chi connectivity index (χ3v) is 3.12. The van der Waals surface area contributed by atoms with Crippen molar-refractivity contribution < 1.29 is 9.53 Å². The maximum absolute atomic E-state index is 11.9. The average molecular weight is 298 g/mol. The number of aryl methyl sites for hydroxylation is 1. The van der Waals surface area contributed by atoms with Crippen LogP contribution in [-0.4, -0.2) is 17.4 Å². The summed E-state index contributed by atoms with van der Waals surface area (Å²) in [6.07, 6.45) is 1.68. The molecule has 116 valence electrons. The number of aromatic nitrogens is 1. The lowest BCUT2D eigenvalue weighted by molar-refractivity contribution is 0.0944. The number of nitrogens with one attached hydrogen (secondary N) is 1. The van der Waals surface area contributed by atoms with Crippen LogP contribution in [0.1, 0.15) is 35.5 Å². The van der Waals surface area contributed by atoms with E-state index in [1.54, 1.807) is 12.3 Å². The average Bonchev–Trinajstić information content (AvgIpc) is 2.51. The molecule has 0 spiro atoms. The van der Waals surface area contributed by atoms with Crippen LogP contribution in [0.3, 0.4) is 0 Å². The van der Waals surface area contributed by atoms with Gasteiger partial charge < -0.3 is 10.1 Å². The number of carbonyl (C=O) groups excluding carboxylic acids is 1. The third kappa shape index (κ3) is 4.88.